The first-order valence-corrected chi connectivity index (χ1v) is 6.60. The number of nitrogens with two attached hydrogens (primary N) is 1. The van der Waals surface area contributed by atoms with Gasteiger partial charge in [0, 0.05) is 17.2 Å². The fraction of sp³-hybridized carbons (Fsp3) is 0.400. The first kappa shape index (κ1) is 12.8. The zero-order chi connectivity index (χ0) is 13.0. The van der Waals surface area contributed by atoms with Crippen molar-refractivity contribution in [1.82, 2.24) is 9.97 Å². The summed E-state index contributed by atoms with van der Waals surface area (Å²) < 4.78 is 0. The molecule has 0 saturated heterocycles. The number of nitrogens with one attached hydrogen (secondary N) is 1. The fourth-order valence-electron chi connectivity index (χ4n) is 2.14. The van der Waals surface area contributed by atoms with Crippen LogP contribution in [0.5, 0.6) is 0 Å². The maximum Gasteiger partial charge on any atom is 0.109 e. The number of rotatable bonds is 5. The molecule has 0 spiro atoms. The smallest absolute Gasteiger partial charge is 0.109 e. The minimum atomic E-state index is 0.387. The van der Waals surface area contributed by atoms with Crippen molar-refractivity contribution in [1.29, 1.82) is 0 Å². The predicted octanol–water partition coefficient (Wildman–Crippen LogP) is 3.09. The Morgan fingerprint density at radius 3 is 2.61 bits per heavy atom. The molecule has 1 aromatic carbocycles. The minimum Gasteiger partial charge on any atom is -0.345 e. The Kier molecular flexibility index (Phi) is 4.15. The summed E-state index contributed by atoms with van der Waals surface area (Å²) in [4.78, 5) is 8.21. The molecule has 3 N–H and O–H groups in total. The number of H-pyrrole nitrogens is 1. The highest BCUT2D eigenvalue weighted by atomic mass is 14.9. The lowest BCUT2D eigenvalue weighted by Crippen LogP contribution is -2.05. The summed E-state index contributed by atoms with van der Waals surface area (Å²) in [5.41, 5.74) is 9.08. The highest BCUT2D eigenvalue weighted by molar-refractivity contribution is 5.62. The lowest BCUT2D eigenvalue weighted by molar-refractivity contribution is 0.654. The highest BCUT2D eigenvalue weighted by Gasteiger charge is 2.14. The molecule has 3 heteroatoms. The average molecular weight is 243 g/mol. The van der Waals surface area contributed by atoms with Crippen LogP contribution in [0, 0.1) is 0 Å². The SMILES string of the molecule is CCc1[nH]c(C(C)CCN)nc1-c1ccccc1. The maximum absolute atomic E-state index is 5.61. The van der Waals surface area contributed by atoms with Crippen molar-refractivity contribution in [2.75, 3.05) is 6.54 Å². The Hall–Kier alpha value is -1.61. The predicted molar refractivity (Wildman–Crippen MR) is 75.5 cm³/mol. The number of aromatic amines is 1. The van der Waals surface area contributed by atoms with E-state index in [0.29, 0.717) is 12.5 Å². The second-order valence-corrected chi connectivity index (χ2v) is 4.65. The number of aromatic nitrogens is 2. The zero-order valence-electron chi connectivity index (χ0n) is 11.1. The molecule has 2 rings (SSSR count). The van der Waals surface area contributed by atoms with Gasteiger partial charge in [0.05, 0.1) is 5.69 Å². The van der Waals surface area contributed by atoms with Crippen LogP contribution >= 0.6 is 0 Å². The van der Waals surface area contributed by atoms with Crippen molar-refractivity contribution in [2.45, 2.75) is 32.6 Å². The van der Waals surface area contributed by atoms with Crippen molar-refractivity contribution in [3.8, 4) is 11.3 Å². The van der Waals surface area contributed by atoms with Crippen LogP contribution in [0.4, 0.5) is 0 Å². The maximum atomic E-state index is 5.61. The lowest BCUT2D eigenvalue weighted by Gasteiger charge is -2.05. The Morgan fingerprint density at radius 2 is 2.00 bits per heavy atom. The molecule has 1 heterocycles. The van der Waals surface area contributed by atoms with Crippen LogP contribution in [0.15, 0.2) is 30.3 Å². The standard InChI is InChI=1S/C15H21N3/c1-3-13-14(12-7-5-4-6-8-12)18-15(17-13)11(2)9-10-16/h4-8,11H,3,9-10,16H2,1-2H3,(H,17,18). The third kappa shape index (κ3) is 2.62. The van der Waals surface area contributed by atoms with E-state index in [1.54, 1.807) is 0 Å². The average Bonchev–Trinajstić information content (AvgIpc) is 2.84. The Balaban J connectivity index is 2.36. The van der Waals surface area contributed by atoms with Crippen LogP contribution in [0.3, 0.4) is 0 Å². The first-order valence-electron chi connectivity index (χ1n) is 6.60. The van der Waals surface area contributed by atoms with Gasteiger partial charge in [-0.05, 0) is 19.4 Å². The Labute approximate surface area is 108 Å². The topological polar surface area (TPSA) is 54.7 Å². The van der Waals surface area contributed by atoms with Crippen LogP contribution in [0.25, 0.3) is 11.3 Å². The molecule has 2 aromatic rings. The van der Waals surface area contributed by atoms with E-state index in [1.165, 1.54) is 11.3 Å². The second kappa shape index (κ2) is 5.83. The van der Waals surface area contributed by atoms with Gasteiger partial charge in [0.2, 0.25) is 0 Å². The largest absolute Gasteiger partial charge is 0.345 e. The number of aryl methyl sites for hydroxylation is 1. The summed E-state index contributed by atoms with van der Waals surface area (Å²) in [5.74, 6) is 1.44. The van der Waals surface area contributed by atoms with Gasteiger partial charge in [0.15, 0.2) is 0 Å². The molecule has 0 saturated carbocycles. The molecule has 0 radical (unpaired) electrons. The van der Waals surface area contributed by atoms with E-state index >= 15 is 0 Å². The molecule has 96 valence electrons. The van der Waals surface area contributed by atoms with Crippen molar-refractivity contribution in [3.05, 3.63) is 41.9 Å². The number of benzene rings is 1. The van der Waals surface area contributed by atoms with Gasteiger partial charge in [0.1, 0.15) is 5.82 Å². The first-order chi connectivity index (χ1) is 8.76. The summed E-state index contributed by atoms with van der Waals surface area (Å²) in [6.07, 6.45) is 1.93. The van der Waals surface area contributed by atoms with Crippen LogP contribution in [0.1, 0.15) is 37.7 Å². The van der Waals surface area contributed by atoms with Crippen LogP contribution in [-0.4, -0.2) is 16.5 Å². The van der Waals surface area contributed by atoms with E-state index in [9.17, 15) is 0 Å². The van der Waals surface area contributed by atoms with Crippen molar-refractivity contribution < 1.29 is 0 Å². The highest BCUT2D eigenvalue weighted by Crippen LogP contribution is 2.25. The third-order valence-corrected chi connectivity index (χ3v) is 3.26. The molecule has 0 aliphatic heterocycles. The van der Waals surface area contributed by atoms with E-state index in [0.717, 1.165) is 24.4 Å². The van der Waals surface area contributed by atoms with Crippen LogP contribution in [0.2, 0.25) is 0 Å². The Bertz CT molecular complexity index is 488. The van der Waals surface area contributed by atoms with E-state index in [2.05, 4.69) is 31.0 Å². The van der Waals surface area contributed by atoms with Gasteiger partial charge in [-0.15, -0.1) is 0 Å². The van der Waals surface area contributed by atoms with Crippen molar-refractivity contribution >= 4 is 0 Å². The van der Waals surface area contributed by atoms with Crippen molar-refractivity contribution in [2.24, 2.45) is 5.73 Å². The number of hydrogen-bond donors (Lipinski definition) is 2. The molecule has 0 fully saturated rings. The van der Waals surface area contributed by atoms with Gasteiger partial charge < -0.3 is 10.7 Å². The molecule has 18 heavy (non-hydrogen) atoms. The molecular weight excluding hydrogens is 222 g/mol. The molecule has 3 nitrogen and oxygen atoms in total. The summed E-state index contributed by atoms with van der Waals surface area (Å²) in [6.45, 7) is 5.02. The van der Waals surface area contributed by atoms with Gasteiger partial charge in [-0.1, -0.05) is 44.2 Å². The van der Waals surface area contributed by atoms with Crippen molar-refractivity contribution in [3.63, 3.8) is 0 Å². The second-order valence-electron chi connectivity index (χ2n) is 4.65. The number of imidazole rings is 1. The zero-order valence-corrected chi connectivity index (χ0v) is 11.1. The minimum absolute atomic E-state index is 0.387. The van der Waals surface area contributed by atoms with Crippen LogP contribution in [-0.2, 0) is 6.42 Å². The molecule has 0 amide bonds. The van der Waals surface area contributed by atoms with Gasteiger partial charge in [-0.25, -0.2) is 4.98 Å². The summed E-state index contributed by atoms with van der Waals surface area (Å²) in [5, 5.41) is 0. The molecule has 1 atom stereocenters. The van der Waals surface area contributed by atoms with Gasteiger partial charge in [-0.2, -0.15) is 0 Å². The quantitative estimate of drug-likeness (QED) is 0.847. The number of hydrogen-bond acceptors (Lipinski definition) is 2. The molecule has 1 aromatic heterocycles. The van der Waals surface area contributed by atoms with E-state index in [1.807, 2.05) is 18.2 Å². The Morgan fingerprint density at radius 1 is 1.28 bits per heavy atom. The molecule has 0 bridgehead atoms. The normalized spacial score (nSPS) is 12.6. The summed E-state index contributed by atoms with van der Waals surface area (Å²) >= 11 is 0. The van der Waals surface area contributed by atoms with Gasteiger partial charge in [-0.3, -0.25) is 0 Å². The third-order valence-electron chi connectivity index (χ3n) is 3.26. The van der Waals surface area contributed by atoms with E-state index < -0.39 is 0 Å². The van der Waals surface area contributed by atoms with Gasteiger partial charge in [0.25, 0.3) is 0 Å². The van der Waals surface area contributed by atoms with E-state index in [4.69, 9.17) is 10.7 Å². The van der Waals surface area contributed by atoms with E-state index in [-0.39, 0.29) is 0 Å². The van der Waals surface area contributed by atoms with Crippen LogP contribution < -0.4 is 5.73 Å². The summed E-state index contributed by atoms with van der Waals surface area (Å²) in [7, 11) is 0. The summed E-state index contributed by atoms with van der Waals surface area (Å²) in [6, 6.07) is 10.3. The monoisotopic (exact) mass is 243 g/mol. The molecule has 0 aliphatic rings. The van der Waals surface area contributed by atoms with Gasteiger partial charge >= 0.3 is 0 Å². The number of nitrogens with zero attached hydrogens (tertiary/aromatic N) is 1. The fourth-order valence-corrected chi connectivity index (χ4v) is 2.14. The molecule has 0 aliphatic carbocycles. The lowest BCUT2D eigenvalue weighted by atomic mass is 10.1. The molecular formula is C15H21N3. The molecule has 1 unspecified atom stereocenters.